The van der Waals surface area contributed by atoms with E-state index in [4.69, 9.17) is 9.84 Å². The molecule has 0 aliphatic rings. The summed E-state index contributed by atoms with van der Waals surface area (Å²) in [5.41, 5.74) is 2.74. The van der Waals surface area contributed by atoms with E-state index < -0.39 is 18.0 Å². The van der Waals surface area contributed by atoms with Crippen LogP contribution in [0.1, 0.15) is 35.6 Å². The number of esters is 1. The van der Waals surface area contributed by atoms with Crippen molar-refractivity contribution in [3.63, 3.8) is 0 Å². The highest BCUT2D eigenvalue weighted by atomic mass is 32.1. The highest BCUT2D eigenvalue weighted by Crippen LogP contribution is 2.26. The zero-order valence-corrected chi connectivity index (χ0v) is 11.9. The molecule has 0 saturated carbocycles. The maximum atomic E-state index is 11.5. The van der Waals surface area contributed by atoms with Gasteiger partial charge in [0.2, 0.25) is 0 Å². The SMILES string of the molecule is Cc1ccc(C(CC(=O)O)OC(=O)CCS)c(C)c1. The van der Waals surface area contributed by atoms with Crippen LogP contribution in [0.15, 0.2) is 18.2 Å². The smallest absolute Gasteiger partial charge is 0.307 e. The van der Waals surface area contributed by atoms with Crippen molar-refractivity contribution in [2.75, 3.05) is 5.75 Å². The van der Waals surface area contributed by atoms with Crippen LogP contribution in [-0.2, 0) is 14.3 Å². The molecule has 1 N–H and O–H groups in total. The Balaban J connectivity index is 2.95. The van der Waals surface area contributed by atoms with Gasteiger partial charge in [0.1, 0.15) is 6.10 Å². The first kappa shape index (κ1) is 15.6. The fraction of sp³-hybridized carbons (Fsp3) is 0.429. The van der Waals surface area contributed by atoms with Crippen molar-refractivity contribution >= 4 is 24.6 Å². The van der Waals surface area contributed by atoms with E-state index in [-0.39, 0.29) is 12.8 Å². The first-order valence-corrected chi connectivity index (χ1v) is 6.66. The lowest BCUT2D eigenvalue weighted by molar-refractivity contribution is -0.152. The Bertz CT molecular complexity index is 471. The second-order valence-electron chi connectivity index (χ2n) is 4.41. The molecule has 0 heterocycles. The maximum Gasteiger partial charge on any atom is 0.307 e. The van der Waals surface area contributed by atoms with Crippen LogP contribution in [0.3, 0.4) is 0 Å². The van der Waals surface area contributed by atoms with Gasteiger partial charge in [-0.2, -0.15) is 12.6 Å². The Morgan fingerprint density at radius 3 is 2.58 bits per heavy atom. The second-order valence-corrected chi connectivity index (χ2v) is 4.86. The molecule has 0 bridgehead atoms. The molecule has 0 aliphatic carbocycles. The Labute approximate surface area is 118 Å². The molecule has 0 fully saturated rings. The molecular formula is C14H18O4S. The van der Waals surface area contributed by atoms with Gasteiger partial charge in [-0.25, -0.2) is 0 Å². The maximum absolute atomic E-state index is 11.5. The highest BCUT2D eigenvalue weighted by molar-refractivity contribution is 7.80. The fourth-order valence-electron chi connectivity index (χ4n) is 1.87. The quantitative estimate of drug-likeness (QED) is 0.622. The van der Waals surface area contributed by atoms with Crippen molar-refractivity contribution in [3.05, 3.63) is 34.9 Å². The van der Waals surface area contributed by atoms with Gasteiger partial charge >= 0.3 is 11.9 Å². The van der Waals surface area contributed by atoms with Crippen LogP contribution in [0.2, 0.25) is 0 Å². The average Bonchev–Trinajstić information content (AvgIpc) is 2.27. The largest absolute Gasteiger partial charge is 0.481 e. The van der Waals surface area contributed by atoms with Gasteiger partial charge in [-0.15, -0.1) is 0 Å². The zero-order valence-electron chi connectivity index (χ0n) is 11.0. The molecule has 1 aromatic rings. The summed E-state index contributed by atoms with van der Waals surface area (Å²) in [7, 11) is 0. The number of hydrogen-bond acceptors (Lipinski definition) is 4. The summed E-state index contributed by atoms with van der Waals surface area (Å²) < 4.78 is 5.24. The van der Waals surface area contributed by atoms with E-state index >= 15 is 0 Å². The molecule has 104 valence electrons. The van der Waals surface area contributed by atoms with Gasteiger partial charge in [-0.1, -0.05) is 23.8 Å². The number of carbonyl (C=O) groups excluding carboxylic acids is 1. The van der Waals surface area contributed by atoms with Crippen molar-refractivity contribution < 1.29 is 19.4 Å². The number of thiol groups is 1. The molecule has 19 heavy (non-hydrogen) atoms. The van der Waals surface area contributed by atoms with Crippen molar-refractivity contribution in [2.24, 2.45) is 0 Å². The summed E-state index contributed by atoms with van der Waals surface area (Å²) in [5.74, 6) is -1.05. The van der Waals surface area contributed by atoms with E-state index in [2.05, 4.69) is 12.6 Å². The topological polar surface area (TPSA) is 63.6 Å². The van der Waals surface area contributed by atoms with Crippen LogP contribution in [-0.4, -0.2) is 22.8 Å². The number of carboxylic acid groups (broad SMARTS) is 1. The van der Waals surface area contributed by atoms with E-state index in [0.717, 1.165) is 16.7 Å². The molecule has 0 radical (unpaired) electrons. The van der Waals surface area contributed by atoms with Crippen LogP contribution in [0.5, 0.6) is 0 Å². The molecule has 4 nitrogen and oxygen atoms in total. The first-order valence-electron chi connectivity index (χ1n) is 6.03. The summed E-state index contributed by atoms with van der Waals surface area (Å²) >= 11 is 3.96. The Morgan fingerprint density at radius 1 is 1.37 bits per heavy atom. The van der Waals surface area contributed by atoms with Gasteiger partial charge in [0.15, 0.2) is 0 Å². The van der Waals surface area contributed by atoms with Gasteiger partial charge in [-0.3, -0.25) is 9.59 Å². The Hall–Kier alpha value is -1.49. The minimum atomic E-state index is -0.997. The Morgan fingerprint density at radius 2 is 2.05 bits per heavy atom. The molecule has 0 spiro atoms. The summed E-state index contributed by atoms with van der Waals surface area (Å²) in [4.78, 5) is 22.4. The van der Waals surface area contributed by atoms with E-state index in [1.54, 1.807) is 0 Å². The third-order valence-corrected chi connectivity index (χ3v) is 2.95. The third kappa shape index (κ3) is 4.95. The molecule has 1 atom stereocenters. The van der Waals surface area contributed by atoms with E-state index in [1.165, 1.54) is 0 Å². The molecule has 1 rings (SSSR count). The predicted molar refractivity (Wildman–Crippen MR) is 75.5 cm³/mol. The number of aliphatic carboxylic acids is 1. The van der Waals surface area contributed by atoms with Crippen LogP contribution >= 0.6 is 12.6 Å². The van der Waals surface area contributed by atoms with Gasteiger partial charge in [0.25, 0.3) is 0 Å². The first-order chi connectivity index (χ1) is 8.93. The molecule has 0 saturated heterocycles. The predicted octanol–water partition coefficient (Wildman–Crippen LogP) is 2.68. The van der Waals surface area contributed by atoms with Gasteiger partial charge in [-0.05, 0) is 25.0 Å². The lowest BCUT2D eigenvalue weighted by atomic mass is 9.99. The molecule has 5 heteroatoms. The Kier molecular flexibility index (Phi) is 5.89. The van der Waals surface area contributed by atoms with Crippen molar-refractivity contribution in [1.82, 2.24) is 0 Å². The number of aryl methyl sites for hydroxylation is 2. The third-order valence-electron chi connectivity index (χ3n) is 2.72. The number of carbonyl (C=O) groups is 2. The van der Waals surface area contributed by atoms with Crippen molar-refractivity contribution in [2.45, 2.75) is 32.8 Å². The minimum Gasteiger partial charge on any atom is -0.481 e. The monoisotopic (exact) mass is 282 g/mol. The summed E-state index contributed by atoms with van der Waals surface area (Å²) in [6, 6.07) is 5.63. The number of carboxylic acids is 1. The molecule has 0 amide bonds. The second kappa shape index (κ2) is 7.19. The average molecular weight is 282 g/mol. The van der Waals surface area contributed by atoms with Gasteiger partial charge < -0.3 is 9.84 Å². The molecule has 1 aromatic carbocycles. The summed E-state index contributed by atoms with van der Waals surface area (Å²) in [5, 5.41) is 8.93. The number of benzene rings is 1. The van der Waals surface area contributed by atoms with Crippen LogP contribution in [0.4, 0.5) is 0 Å². The molecular weight excluding hydrogens is 264 g/mol. The standard InChI is InChI=1S/C14H18O4S/c1-9-3-4-11(10(2)7-9)12(8-13(15)16)18-14(17)5-6-19/h3-4,7,12,19H,5-6,8H2,1-2H3,(H,15,16). The van der Waals surface area contributed by atoms with Gasteiger partial charge in [0, 0.05) is 5.75 Å². The molecule has 1 unspecified atom stereocenters. The zero-order chi connectivity index (χ0) is 14.4. The van der Waals surface area contributed by atoms with E-state index in [9.17, 15) is 9.59 Å². The van der Waals surface area contributed by atoms with Crippen LogP contribution < -0.4 is 0 Å². The summed E-state index contributed by atoms with van der Waals surface area (Å²) in [6.07, 6.45) is -0.808. The lowest BCUT2D eigenvalue weighted by Gasteiger charge is -2.18. The minimum absolute atomic E-state index is 0.171. The number of rotatable bonds is 6. The lowest BCUT2D eigenvalue weighted by Crippen LogP contribution is -2.16. The highest BCUT2D eigenvalue weighted by Gasteiger charge is 2.21. The van der Waals surface area contributed by atoms with E-state index in [1.807, 2.05) is 32.0 Å². The van der Waals surface area contributed by atoms with E-state index in [0.29, 0.717) is 5.75 Å². The molecule has 0 aliphatic heterocycles. The molecule has 0 aromatic heterocycles. The van der Waals surface area contributed by atoms with Gasteiger partial charge in [0.05, 0.1) is 12.8 Å². The number of hydrogen-bond donors (Lipinski definition) is 2. The summed E-state index contributed by atoms with van der Waals surface area (Å²) in [6.45, 7) is 3.83. The number of ether oxygens (including phenoxy) is 1. The van der Waals surface area contributed by atoms with Crippen molar-refractivity contribution in [3.8, 4) is 0 Å². The van der Waals surface area contributed by atoms with Crippen LogP contribution in [0.25, 0.3) is 0 Å². The van der Waals surface area contributed by atoms with Crippen molar-refractivity contribution in [1.29, 1.82) is 0 Å². The fourth-order valence-corrected chi connectivity index (χ4v) is 2.05. The normalized spacial score (nSPS) is 11.9. The van der Waals surface area contributed by atoms with Crippen LogP contribution in [0, 0.1) is 13.8 Å².